The van der Waals surface area contributed by atoms with Crippen molar-refractivity contribution in [2.45, 2.75) is 6.92 Å². The fourth-order valence-electron chi connectivity index (χ4n) is 2.13. The summed E-state index contributed by atoms with van der Waals surface area (Å²) >= 11 is 0. The van der Waals surface area contributed by atoms with Crippen molar-refractivity contribution in [2.75, 3.05) is 0 Å². The van der Waals surface area contributed by atoms with E-state index in [0.29, 0.717) is 11.5 Å². The molecule has 0 saturated carbocycles. The first-order valence-corrected chi connectivity index (χ1v) is 6.50. The first kappa shape index (κ1) is 13.1. The van der Waals surface area contributed by atoms with Crippen LogP contribution in [0.3, 0.4) is 0 Å². The summed E-state index contributed by atoms with van der Waals surface area (Å²) in [6, 6.07) is 14.5. The molecule has 0 aliphatic rings. The minimum Gasteiger partial charge on any atom is -0.478 e. The Hall–Kier alpha value is -2.88. The molecule has 1 aromatic heterocycles. The molecule has 4 heteroatoms. The van der Waals surface area contributed by atoms with Crippen LogP contribution in [0.5, 0.6) is 11.5 Å². The molecule has 1 heterocycles. The van der Waals surface area contributed by atoms with Gasteiger partial charge in [-0.05, 0) is 42.8 Å². The largest absolute Gasteiger partial charge is 0.478 e. The van der Waals surface area contributed by atoms with Gasteiger partial charge in [0.15, 0.2) is 0 Å². The minimum absolute atomic E-state index is 0.247. The number of hydrogen-bond donors (Lipinski definition) is 1. The lowest BCUT2D eigenvalue weighted by Gasteiger charge is -2.09. The number of pyridine rings is 1. The van der Waals surface area contributed by atoms with Gasteiger partial charge in [-0.25, -0.2) is 4.79 Å². The number of hydrogen-bond acceptors (Lipinski definition) is 3. The Morgan fingerprint density at radius 2 is 1.95 bits per heavy atom. The van der Waals surface area contributed by atoms with E-state index in [1.807, 2.05) is 37.3 Å². The second kappa shape index (κ2) is 5.25. The average molecular weight is 279 g/mol. The molecule has 4 nitrogen and oxygen atoms in total. The van der Waals surface area contributed by atoms with Crippen molar-refractivity contribution in [3.8, 4) is 11.5 Å². The van der Waals surface area contributed by atoms with Gasteiger partial charge in [-0.1, -0.05) is 18.2 Å². The Morgan fingerprint density at radius 3 is 2.71 bits per heavy atom. The van der Waals surface area contributed by atoms with Gasteiger partial charge >= 0.3 is 5.97 Å². The van der Waals surface area contributed by atoms with E-state index in [9.17, 15) is 4.79 Å². The number of carbonyl (C=O) groups is 1. The molecule has 0 saturated heterocycles. The van der Waals surface area contributed by atoms with E-state index >= 15 is 0 Å². The highest BCUT2D eigenvalue weighted by molar-refractivity contribution is 5.88. The number of ether oxygens (including phenoxy) is 1. The Morgan fingerprint density at radius 1 is 1.14 bits per heavy atom. The number of carboxylic acids is 1. The quantitative estimate of drug-likeness (QED) is 0.786. The Balaban J connectivity index is 1.93. The molecule has 0 aliphatic carbocycles. The van der Waals surface area contributed by atoms with E-state index in [1.165, 1.54) is 6.07 Å². The van der Waals surface area contributed by atoms with Crippen LogP contribution < -0.4 is 4.74 Å². The molecule has 0 aliphatic heterocycles. The number of aromatic nitrogens is 1. The first-order chi connectivity index (χ1) is 10.1. The van der Waals surface area contributed by atoms with Crippen molar-refractivity contribution in [3.05, 3.63) is 65.9 Å². The molecule has 21 heavy (non-hydrogen) atoms. The summed E-state index contributed by atoms with van der Waals surface area (Å²) in [4.78, 5) is 15.3. The van der Waals surface area contributed by atoms with Crippen molar-refractivity contribution in [3.63, 3.8) is 0 Å². The number of benzene rings is 2. The molecular weight excluding hydrogens is 266 g/mol. The second-order valence-electron chi connectivity index (χ2n) is 4.75. The predicted octanol–water partition coefficient (Wildman–Crippen LogP) is 4.03. The van der Waals surface area contributed by atoms with E-state index in [2.05, 4.69) is 4.98 Å². The van der Waals surface area contributed by atoms with E-state index in [-0.39, 0.29) is 5.56 Å². The normalized spacial score (nSPS) is 10.5. The van der Waals surface area contributed by atoms with Gasteiger partial charge in [0.2, 0.25) is 0 Å². The van der Waals surface area contributed by atoms with Crippen LogP contribution in [0, 0.1) is 6.92 Å². The molecule has 0 fully saturated rings. The lowest BCUT2D eigenvalue weighted by Crippen LogP contribution is -1.97. The van der Waals surface area contributed by atoms with Crippen molar-refractivity contribution < 1.29 is 14.6 Å². The van der Waals surface area contributed by atoms with Gasteiger partial charge in [-0.15, -0.1) is 0 Å². The molecule has 0 amide bonds. The number of fused-ring (bicyclic) bond motifs is 1. The number of carboxylic acid groups (broad SMARTS) is 1. The van der Waals surface area contributed by atoms with E-state index in [4.69, 9.17) is 9.84 Å². The topological polar surface area (TPSA) is 59.4 Å². The molecule has 3 rings (SSSR count). The van der Waals surface area contributed by atoms with Gasteiger partial charge in [0.1, 0.15) is 11.5 Å². The van der Waals surface area contributed by atoms with Gasteiger partial charge < -0.3 is 9.84 Å². The molecule has 2 aromatic carbocycles. The lowest BCUT2D eigenvalue weighted by atomic mass is 10.1. The number of aryl methyl sites for hydroxylation is 1. The summed E-state index contributed by atoms with van der Waals surface area (Å²) in [6.07, 6.45) is 1.66. The SMILES string of the molecule is Cc1cc(C(=O)O)ccc1Oc1cnc2ccccc2c1. The smallest absolute Gasteiger partial charge is 0.335 e. The molecule has 0 unspecified atom stereocenters. The average Bonchev–Trinajstić information content (AvgIpc) is 2.49. The van der Waals surface area contributed by atoms with Crippen LogP contribution in [0.2, 0.25) is 0 Å². The van der Waals surface area contributed by atoms with Crippen LogP contribution in [0.1, 0.15) is 15.9 Å². The predicted molar refractivity (Wildman–Crippen MR) is 80.0 cm³/mol. The van der Waals surface area contributed by atoms with Gasteiger partial charge in [0.05, 0.1) is 17.3 Å². The molecule has 1 N–H and O–H groups in total. The molecule has 0 atom stereocenters. The van der Waals surface area contributed by atoms with Crippen molar-refractivity contribution >= 4 is 16.9 Å². The zero-order valence-corrected chi connectivity index (χ0v) is 11.4. The summed E-state index contributed by atoms with van der Waals surface area (Å²) in [5.41, 5.74) is 1.92. The Kier molecular flexibility index (Phi) is 3.28. The summed E-state index contributed by atoms with van der Waals surface area (Å²) in [5.74, 6) is 0.300. The number of aromatic carboxylic acids is 1. The van der Waals surface area contributed by atoms with Crippen LogP contribution in [0.4, 0.5) is 0 Å². The summed E-state index contributed by atoms with van der Waals surface area (Å²) in [7, 11) is 0. The number of rotatable bonds is 3. The zero-order chi connectivity index (χ0) is 14.8. The fraction of sp³-hybridized carbons (Fsp3) is 0.0588. The van der Waals surface area contributed by atoms with E-state index in [1.54, 1.807) is 18.3 Å². The van der Waals surface area contributed by atoms with E-state index < -0.39 is 5.97 Å². The monoisotopic (exact) mass is 279 g/mol. The van der Waals surface area contributed by atoms with Crippen molar-refractivity contribution in [2.24, 2.45) is 0 Å². The van der Waals surface area contributed by atoms with Crippen LogP contribution in [0.15, 0.2) is 54.7 Å². The van der Waals surface area contributed by atoms with Crippen LogP contribution in [0.25, 0.3) is 10.9 Å². The zero-order valence-electron chi connectivity index (χ0n) is 11.4. The Bertz CT molecular complexity index is 827. The van der Waals surface area contributed by atoms with Crippen LogP contribution >= 0.6 is 0 Å². The summed E-state index contributed by atoms with van der Waals surface area (Å²) in [5, 5.41) is 9.95. The lowest BCUT2D eigenvalue weighted by molar-refractivity contribution is 0.0697. The minimum atomic E-state index is -0.947. The molecule has 0 spiro atoms. The van der Waals surface area contributed by atoms with Crippen molar-refractivity contribution in [1.29, 1.82) is 0 Å². The maximum Gasteiger partial charge on any atom is 0.335 e. The molecular formula is C17H13NO3. The Labute approximate surface area is 121 Å². The second-order valence-corrected chi connectivity index (χ2v) is 4.75. The standard InChI is InChI=1S/C17H13NO3/c1-11-8-13(17(19)20)6-7-16(11)21-14-9-12-4-2-3-5-15(12)18-10-14/h2-10H,1H3,(H,19,20). The van der Waals surface area contributed by atoms with Crippen molar-refractivity contribution in [1.82, 2.24) is 4.98 Å². The van der Waals surface area contributed by atoms with Crippen LogP contribution in [-0.4, -0.2) is 16.1 Å². The first-order valence-electron chi connectivity index (χ1n) is 6.50. The molecule has 0 radical (unpaired) electrons. The van der Waals surface area contributed by atoms with E-state index in [0.717, 1.165) is 16.5 Å². The van der Waals surface area contributed by atoms with Gasteiger partial charge in [-0.3, -0.25) is 4.98 Å². The molecule has 104 valence electrons. The highest BCUT2D eigenvalue weighted by atomic mass is 16.5. The number of nitrogens with zero attached hydrogens (tertiary/aromatic N) is 1. The summed E-state index contributed by atoms with van der Waals surface area (Å²) in [6.45, 7) is 1.82. The molecule has 3 aromatic rings. The highest BCUT2D eigenvalue weighted by Crippen LogP contribution is 2.27. The van der Waals surface area contributed by atoms with Gasteiger partial charge in [0.25, 0.3) is 0 Å². The molecule has 0 bridgehead atoms. The van der Waals surface area contributed by atoms with Gasteiger partial charge in [0, 0.05) is 5.39 Å². The van der Waals surface area contributed by atoms with Crippen LogP contribution in [-0.2, 0) is 0 Å². The summed E-state index contributed by atoms with van der Waals surface area (Å²) < 4.78 is 5.80. The third-order valence-corrected chi connectivity index (χ3v) is 3.22. The highest BCUT2D eigenvalue weighted by Gasteiger charge is 2.08. The third-order valence-electron chi connectivity index (χ3n) is 3.22. The third kappa shape index (κ3) is 2.69. The fourth-order valence-corrected chi connectivity index (χ4v) is 2.13. The van der Waals surface area contributed by atoms with Gasteiger partial charge in [-0.2, -0.15) is 0 Å². The maximum atomic E-state index is 10.9. The maximum absolute atomic E-state index is 10.9. The number of para-hydroxylation sites is 1.